The number of para-hydroxylation sites is 1. The minimum absolute atomic E-state index is 0.111. The van der Waals surface area contributed by atoms with E-state index in [1.807, 2.05) is 0 Å². The van der Waals surface area contributed by atoms with Gasteiger partial charge in [-0.2, -0.15) is 0 Å². The minimum Gasteiger partial charge on any atom is -0.493 e. The van der Waals surface area contributed by atoms with Crippen molar-refractivity contribution in [2.75, 3.05) is 7.11 Å². The number of benzene rings is 1. The smallest absolute Gasteiger partial charge is 0.221 e. The summed E-state index contributed by atoms with van der Waals surface area (Å²) in [6.45, 7) is 3.46. The Hall–Kier alpha value is -1.97. The third kappa shape index (κ3) is 2.74. The van der Waals surface area contributed by atoms with Crippen molar-refractivity contribution in [1.82, 2.24) is 0 Å². The second kappa shape index (κ2) is 5.05. The van der Waals surface area contributed by atoms with Crippen molar-refractivity contribution in [3.63, 3.8) is 0 Å². The summed E-state index contributed by atoms with van der Waals surface area (Å²) in [6.07, 6.45) is 1.39. The van der Waals surface area contributed by atoms with Crippen LogP contribution in [0.15, 0.2) is 31.0 Å². The molecule has 80 valence electrons. The molecule has 0 saturated heterocycles. The molecule has 15 heavy (non-hydrogen) atoms. The number of nitrogens with two attached hydrogens (primary N) is 1. The van der Waals surface area contributed by atoms with Crippen molar-refractivity contribution in [3.05, 3.63) is 36.6 Å². The van der Waals surface area contributed by atoms with Gasteiger partial charge >= 0.3 is 0 Å². The summed E-state index contributed by atoms with van der Waals surface area (Å²) in [5.74, 6) is 0.611. The molecule has 1 aromatic carbocycles. The molecule has 4 nitrogen and oxygen atoms in total. The predicted octanol–water partition coefficient (Wildman–Crippen LogP) is 1.25. The average Bonchev–Trinajstić information content (AvgIpc) is 2.20. The third-order valence-electron chi connectivity index (χ3n) is 1.85. The van der Waals surface area contributed by atoms with Gasteiger partial charge in [-0.15, -0.1) is 0 Å². The Balaban J connectivity index is 3.11. The van der Waals surface area contributed by atoms with E-state index in [9.17, 15) is 4.79 Å². The summed E-state index contributed by atoms with van der Waals surface area (Å²) in [7, 11) is 1.53. The molecule has 0 spiro atoms. The first kappa shape index (κ1) is 11.1. The minimum atomic E-state index is -0.419. The Morgan fingerprint density at radius 3 is 2.87 bits per heavy atom. The van der Waals surface area contributed by atoms with Crippen LogP contribution in [0.3, 0.4) is 0 Å². The Bertz CT molecular complexity index is 374. The summed E-state index contributed by atoms with van der Waals surface area (Å²) in [5.41, 5.74) is 5.80. The topological polar surface area (TPSA) is 61.5 Å². The molecular weight excluding hydrogens is 194 g/mol. The highest BCUT2D eigenvalue weighted by Crippen LogP contribution is 2.31. The van der Waals surface area contributed by atoms with Crippen molar-refractivity contribution >= 4 is 5.91 Å². The van der Waals surface area contributed by atoms with Crippen LogP contribution in [0.25, 0.3) is 0 Å². The van der Waals surface area contributed by atoms with Gasteiger partial charge in [-0.3, -0.25) is 4.79 Å². The fourth-order valence-corrected chi connectivity index (χ4v) is 1.27. The number of carbonyl (C=O) groups is 1. The molecule has 4 heteroatoms. The number of ether oxygens (including phenoxy) is 2. The molecule has 0 aliphatic heterocycles. The van der Waals surface area contributed by atoms with Crippen LogP contribution in [0.5, 0.6) is 11.5 Å². The lowest BCUT2D eigenvalue weighted by Crippen LogP contribution is -2.14. The second-order valence-corrected chi connectivity index (χ2v) is 2.88. The van der Waals surface area contributed by atoms with E-state index in [0.717, 1.165) is 0 Å². The second-order valence-electron chi connectivity index (χ2n) is 2.88. The van der Waals surface area contributed by atoms with Gasteiger partial charge in [0.25, 0.3) is 0 Å². The third-order valence-corrected chi connectivity index (χ3v) is 1.85. The summed E-state index contributed by atoms with van der Waals surface area (Å²) in [6, 6.07) is 5.27. The SMILES string of the molecule is C=COc1c(CC(N)=O)cccc1OC. The number of methoxy groups -OCH3 is 1. The maximum atomic E-state index is 10.8. The zero-order valence-corrected chi connectivity index (χ0v) is 8.53. The Morgan fingerprint density at radius 2 is 2.33 bits per heavy atom. The zero-order valence-electron chi connectivity index (χ0n) is 8.53. The molecule has 0 aliphatic carbocycles. The van der Waals surface area contributed by atoms with Gasteiger partial charge in [0, 0.05) is 5.56 Å². The first-order chi connectivity index (χ1) is 7.19. The van der Waals surface area contributed by atoms with E-state index in [0.29, 0.717) is 17.1 Å². The molecule has 1 rings (SSSR count). The Labute approximate surface area is 88.3 Å². The van der Waals surface area contributed by atoms with Gasteiger partial charge in [-0.1, -0.05) is 18.7 Å². The van der Waals surface area contributed by atoms with E-state index in [-0.39, 0.29) is 6.42 Å². The molecule has 0 radical (unpaired) electrons. The zero-order chi connectivity index (χ0) is 11.3. The molecule has 0 aromatic heterocycles. The van der Waals surface area contributed by atoms with Crippen molar-refractivity contribution < 1.29 is 14.3 Å². The molecule has 0 fully saturated rings. The van der Waals surface area contributed by atoms with Gasteiger partial charge in [0.1, 0.15) is 0 Å². The average molecular weight is 207 g/mol. The van der Waals surface area contributed by atoms with Gasteiger partial charge in [0.15, 0.2) is 11.5 Å². The standard InChI is InChI=1S/C11H13NO3/c1-3-15-11-8(7-10(12)13)5-4-6-9(11)14-2/h3-6H,1,7H2,2H3,(H2,12,13). The molecule has 0 bridgehead atoms. The lowest BCUT2D eigenvalue weighted by atomic mass is 10.1. The van der Waals surface area contributed by atoms with Gasteiger partial charge in [0.2, 0.25) is 5.91 Å². The van der Waals surface area contributed by atoms with E-state index >= 15 is 0 Å². The summed E-state index contributed by atoms with van der Waals surface area (Å²) < 4.78 is 10.3. The largest absolute Gasteiger partial charge is 0.493 e. The van der Waals surface area contributed by atoms with Gasteiger partial charge in [-0.05, 0) is 6.07 Å². The number of amides is 1. The molecule has 0 saturated carbocycles. The molecule has 1 aromatic rings. The lowest BCUT2D eigenvalue weighted by Gasteiger charge is -2.11. The predicted molar refractivity (Wildman–Crippen MR) is 56.7 cm³/mol. The molecule has 1 amide bonds. The first-order valence-corrected chi connectivity index (χ1v) is 4.40. The summed E-state index contributed by atoms with van der Waals surface area (Å²) >= 11 is 0. The number of hydrogen-bond donors (Lipinski definition) is 1. The monoisotopic (exact) mass is 207 g/mol. The molecule has 0 aliphatic rings. The number of primary amides is 1. The van der Waals surface area contributed by atoms with E-state index < -0.39 is 5.91 Å². The highest BCUT2D eigenvalue weighted by molar-refractivity contribution is 5.77. The van der Waals surface area contributed by atoms with Crippen LogP contribution in [0.1, 0.15) is 5.56 Å². The van der Waals surface area contributed by atoms with Crippen molar-refractivity contribution in [1.29, 1.82) is 0 Å². The Kier molecular flexibility index (Phi) is 3.74. The highest BCUT2D eigenvalue weighted by Gasteiger charge is 2.11. The van der Waals surface area contributed by atoms with Crippen molar-refractivity contribution in [2.45, 2.75) is 6.42 Å². The van der Waals surface area contributed by atoms with Crippen molar-refractivity contribution in [3.8, 4) is 11.5 Å². The summed E-state index contributed by atoms with van der Waals surface area (Å²) in [4.78, 5) is 10.8. The fourth-order valence-electron chi connectivity index (χ4n) is 1.27. The summed E-state index contributed by atoms with van der Waals surface area (Å²) in [5, 5.41) is 0. The fraction of sp³-hybridized carbons (Fsp3) is 0.182. The van der Waals surface area contributed by atoms with Gasteiger partial charge in [-0.25, -0.2) is 0 Å². The van der Waals surface area contributed by atoms with E-state index in [1.165, 1.54) is 13.4 Å². The normalized spacial score (nSPS) is 9.40. The van der Waals surface area contributed by atoms with Crippen LogP contribution in [0.4, 0.5) is 0 Å². The molecule has 0 unspecified atom stereocenters. The first-order valence-electron chi connectivity index (χ1n) is 4.40. The van der Waals surface area contributed by atoms with Crippen LogP contribution in [-0.4, -0.2) is 13.0 Å². The van der Waals surface area contributed by atoms with E-state index in [1.54, 1.807) is 18.2 Å². The van der Waals surface area contributed by atoms with Gasteiger partial charge in [0.05, 0.1) is 19.8 Å². The molecule has 2 N–H and O–H groups in total. The van der Waals surface area contributed by atoms with Crippen molar-refractivity contribution in [2.24, 2.45) is 5.73 Å². The van der Waals surface area contributed by atoms with E-state index in [2.05, 4.69) is 6.58 Å². The molecule has 0 atom stereocenters. The Morgan fingerprint density at radius 1 is 1.60 bits per heavy atom. The van der Waals surface area contributed by atoms with E-state index in [4.69, 9.17) is 15.2 Å². The van der Waals surface area contributed by atoms with Crippen LogP contribution in [0, 0.1) is 0 Å². The quantitative estimate of drug-likeness (QED) is 0.739. The maximum Gasteiger partial charge on any atom is 0.221 e. The maximum absolute atomic E-state index is 10.8. The van der Waals surface area contributed by atoms with Crippen LogP contribution < -0.4 is 15.2 Å². The number of rotatable bonds is 5. The van der Waals surface area contributed by atoms with Crippen LogP contribution in [0.2, 0.25) is 0 Å². The van der Waals surface area contributed by atoms with Crippen LogP contribution >= 0.6 is 0 Å². The van der Waals surface area contributed by atoms with Crippen LogP contribution in [-0.2, 0) is 11.2 Å². The lowest BCUT2D eigenvalue weighted by molar-refractivity contribution is -0.117. The highest BCUT2D eigenvalue weighted by atomic mass is 16.5. The van der Waals surface area contributed by atoms with Gasteiger partial charge < -0.3 is 15.2 Å². The number of hydrogen-bond acceptors (Lipinski definition) is 3. The molecular formula is C11H13NO3. The molecule has 0 heterocycles. The number of carbonyl (C=O) groups excluding carboxylic acids is 1.